The molecule has 0 amide bonds. The van der Waals surface area contributed by atoms with Crippen LogP contribution in [-0.2, 0) is 26.4 Å². The van der Waals surface area contributed by atoms with Crippen molar-refractivity contribution in [3.05, 3.63) is 0 Å². The molecule has 1 radical (unpaired) electrons. The molecule has 0 saturated heterocycles. The molecular formula is C6H10CoO3. The minimum absolute atomic E-state index is 0. The number of carbonyl (C=O) groups excluding carboxylic acids is 1. The fourth-order valence-electron chi connectivity index (χ4n) is 0.636. The van der Waals surface area contributed by atoms with Crippen molar-refractivity contribution in [2.24, 2.45) is 5.92 Å². The molecule has 1 unspecified atom stereocenters. The molecule has 10 heavy (non-hydrogen) atoms. The van der Waals surface area contributed by atoms with Crippen molar-refractivity contribution in [3.8, 4) is 0 Å². The zero-order valence-electron chi connectivity index (χ0n) is 5.88. The maximum absolute atomic E-state index is 10.4. The van der Waals surface area contributed by atoms with Crippen LogP contribution in [0.3, 0.4) is 0 Å². The Morgan fingerprint density at radius 1 is 1.50 bits per heavy atom. The van der Waals surface area contributed by atoms with E-state index in [2.05, 4.69) is 0 Å². The van der Waals surface area contributed by atoms with E-state index < -0.39 is 11.9 Å². The fourth-order valence-corrected chi connectivity index (χ4v) is 0.636. The van der Waals surface area contributed by atoms with Crippen LogP contribution >= 0.6 is 0 Å². The Morgan fingerprint density at radius 2 is 1.90 bits per heavy atom. The first-order valence-corrected chi connectivity index (χ1v) is 2.82. The number of ketones is 1. The van der Waals surface area contributed by atoms with Crippen molar-refractivity contribution in [2.45, 2.75) is 20.3 Å². The molecule has 0 aliphatic carbocycles. The van der Waals surface area contributed by atoms with E-state index in [9.17, 15) is 9.59 Å². The number of carbonyl (C=O) groups is 2. The van der Waals surface area contributed by atoms with Crippen molar-refractivity contribution in [1.82, 2.24) is 0 Å². The van der Waals surface area contributed by atoms with Crippen molar-refractivity contribution < 1.29 is 31.5 Å². The number of carboxylic acids is 1. The van der Waals surface area contributed by atoms with E-state index in [-0.39, 0.29) is 22.6 Å². The quantitative estimate of drug-likeness (QED) is 0.664. The van der Waals surface area contributed by atoms with Gasteiger partial charge >= 0.3 is 5.97 Å². The molecule has 0 spiro atoms. The average molecular weight is 189 g/mol. The van der Waals surface area contributed by atoms with Crippen LogP contribution in [0.25, 0.3) is 0 Å². The largest absolute Gasteiger partial charge is 0.481 e. The molecule has 0 aliphatic rings. The van der Waals surface area contributed by atoms with E-state index in [4.69, 9.17) is 5.11 Å². The van der Waals surface area contributed by atoms with Crippen LogP contribution < -0.4 is 0 Å². The molecule has 0 bridgehead atoms. The summed E-state index contributed by atoms with van der Waals surface area (Å²) in [6.07, 6.45) is 0.380. The molecule has 0 aromatic heterocycles. The Kier molecular flexibility index (Phi) is 6.70. The van der Waals surface area contributed by atoms with Crippen molar-refractivity contribution in [3.63, 3.8) is 0 Å². The number of rotatable bonds is 3. The van der Waals surface area contributed by atoms with E-state index in [0.717, 1.165) is 0 Å². The Balaban J connectivity index is 0. The topological polar surface area (TPSA) is 54.4 Å². The van der Waals surface area contributed by atoms with Gasteiger partial charge in [0, 0.05) is 16.8 Å². The predicted molar refractivity (Wildman–Crippen MR) is 32.1 cm³/mol. The maximum Gasteiger partial charge on any atom is 0.314 e. The van der Waals surface area contributed by atoms with Crippen LogP contribution in [0.1, 0.15) is 20.3 Å². The third-order valence-electron chi connectivity index (χ3n) is 1.20. The van der Waals surface area contributed by atoms with Gasteiger partial charge in [-0.15, -0.1) is 0 Å². The van der Waals surface area contributed by atoms with E-state index in [1.54, 1.807) is 6.92 Å². The summed E-state index contributed by atoms with van der Waals surface area (Å²) in [7, 11) is 0. The Bertz CT molecular complexity index is 119. The molecule has 4 heteroatoms. The summed E-state index contributed by atoms with van der Waals surface area (Å²) in [5, 5.41) is 8.32. The summed E-state index contributed by atoms with van der Waals surface area (Å²) < 4.78 is 0. The summed E-state index contributed by atoms with van der Waals surface area (Å²) in [5.74, 6) is -2.10. The zero-order valence-corrected chi connectivity index (χ0v) is 6.92. The summed E-state index contributed by atoms with van der Waals surface area (Å²) in [5.41, 5.74) is 0. The Hall–Kier alpha value is -0.354. The second-order valence-corrected chi connectivity index (χ2v) is 1.91. The normalized spacial score (nSPS) is 11.4. The number of Topliss-reactive ketones (excluding diaryl/α,β-unsaturated/α-hetero) is 1. The number of hydrogen-bond acceptors (Lipinski definition) is 2. The maximum atomic E-state index is 10.4. The minimum Gasteiger partial charge on any atom is -0.481 e. The van der Waals surface area contributed by atoms with Gasteiger partial charge in [-0.25, -0.2) is 0 Å². The van der Waals surface area contributed by atoms with E-state index in [0.29, 0.717) is 6.42 Å². The molecule has 0 aliphatic heterocycles. The molecule has 61 valence electrons. The van der Waals surface area contributed by atoms with Gasteiger partial charge in [0.1, 0.15) is 11.7 Å². The summed E-state index contributed by atoms with van der Waals surface area (Å²) in [6, 6.07) is 0. The predicted octanol–water partition coefficient (Wildman–Crippen LogP) is 0.684. The number of carboxylic acid groups (broad SMARTS) is 1. The van der Waals surface area contributed by atoms with Crippen LogP contribution in [0, 0.1) is 5.92 Å². The summed E-state index contributed by atoms with van der Waals surface area (Å²) >= 11 is 0. The van der Waals surface area contributed by atoms with Gasteiger partial charge in [-0.2, -0.15) is 0 Å². The number of aliphatic carboxylic acids is 1. The molecular weight excluding hydrogens is 179 g/mol. The van der Waals surface area contributed by atoms with Crippen LogP contribution in [0.4, 0.5) is 0 Å². The van der Waals surface area contributed by atoms with Gasteiger partial charge in [-0.05, 0) is 13.3 Å². The third kappa shape index (κ3) is 3.63. The fraction of sp³-hybridized carbons (Fsp3) is 0.667. The second-order valence-electron chi connectivity index (χ2n) is 1.91. The van der Waals surface area contributed by atoms with Crippen LogP contribution in [0.15, 0.2) is 0 Å². The van der Waals surface area contributed by atoms with Crippen molar-refractivity contribution in [1.29, 1.82) is 0 Å². The average Bonchev–Trinajstić information content (AvgIpc) is 1.64. The van der Waals surface area contributed by atoms with Gasteiger partial charge in [-0.3, -0.25) is 9.59 Å². The smallest absolute Gasteiger partial charge is 0.314 e. The van der Waals surface area contributed by atoms with E-state index >= 15 is 0 Å². The molecule has 0 heterocycles. The molecule has 3 nitrogen and oxygen atoms in total. The van der Waals surface area contributed by atoms with Crippen LogP contribution in [0.2, 0.25) is 0 Å². The van der Waals surface area contributed by atoms with Crippen molar-refractivity contribution in [2.75, 3.05) is 0 Å². The molecule has 0 fully saturated rings. The van der Waals surface area contributed by atoms with Crippen LogP contribution in [-0.4, -0.2) is 16.9 Å². The Morgan fingerprint density at radius 3 is 1.90 bits per heavy atom. The van der Waals surface area contributed by atoms with E-state index in [1.165, 1.54) is 6.92 Å². The first-order chi connectivity index (χ1) is 4.09. The summed E-state index contributed by atoms with van der Waals surface area (Å²) in [4.78, 5) is 20.6. The first kappa shape index (κ1) is 12.3. The third-order valence-corrected chi connectivity index (χ3v) is 1.20. The first-order valence-electron chi connectivity index (χ1n) is 2.82. The van der Waals surface area contributed by atoms with Gasteiger partial charge in [0.25, 0.3) is 0 Å². The van der Waals surface area contributed by atoms with Gasteiger partial charge in [0.15, 0.2) is 0 Å². The standard InChI is InChI=1S/C6H10O3.Co/c1-3-5(4(2)7)6(8)9;/h5H,3H2,1-2H3,(H,8,9);. The molecule has 0 aromatic carbocycles. The SMILES string of the molecule is CCC(C(C)=O)C(=O)O.[Co]. The zero-order chi connectivity index (χ0) is 7.44. The molecule has 0 rings (SSSR count). The Labute approximate surface area is 70.0 Å². The molecule has 1 atom stereocenters. The monoisotopic (exact) mass is 189 g/mol. The van der Waals surface area contributed by atoms with E-state index in [1.807, 2.05) is 0 Å². The molecule has 1 N–H and O–H groups in total. The van der Waals surface area contributed by atoms with Gasteiger partial charge in [-0.1, -0.05) is 6.92 Å². The summed E-state index contributed by atoms with van der Waals surface area (Å²) in [6.45, 7) is 2.97. The van der Waals surface area contributed by atoms with Gasteiger partial charge in [0.2, 0.25) is 0 Å². The van der Waals surface area contributed by atoms with Crippen LogP contribution in [0.5, 0.6) is 0 Å². The van der Waals surface area contributed by atoms with Crippen molar-refractivity contribution >= 4 is 11.8 Å². The van der Waals surface area contributed by atoms with Gasteiger partial charge in [0.05, 0.1) is 0 Å². The van der Waals surface area contributed by atoms with Gasteiger partial charge < -0.3 is 5.11 Å². The minimum atomic E-state index is -1.02. The second kappa shape index (κ2) is 5.43. The molecule has 0 saturated carbocycles. The molecule has 0 aromatic rings. The number of hydrogen-bond donors (Lipinski definition) is 1.